The Labute approximate surface area is 90.7 Å². The summed E-state index contributed by atoms with van der Waals surface area (Å²) in [6.07, 6.45) is 1.63. The zero-order valence-electron chi connectivity index (χ0n) is 8.78. The van der Waals surface area contributed by atoms with E-state index in [1.807, 2.05) is 13.8 Å². The van der Waals surface area contributed by atoms with E-state index < -0.39 is 27.0 Å². The number of hydrogen-bond donors (Lipinski definition) is 1. The Bertz CT molecular complexity index is 374. The van der Waals surface area contributed by atoms with Gasteiger partial charge in [-0.25, -0.2) is 4.21 Å². The van der Waals surface area contributed by atoms with E-state index in [9.17, 15) is 13.8 Å². The molecule has 3 unspecified atom stereocenters. The quantitative estimate of drug-likeness (QED) is 0.541. The summed E-state index contributed by atoms with van der Waals surface area (Å²) in [5.74, 6) is 0.0497. The molecule has 0 aromatic carbocycles. The molecule has 0 heterocycles. The zero-order valence-corrected chi connectivity index (χ0v) is 9.60. The topological polar surface area (TPSA) is 71.4 Å². The fourth-order valence-corrected chi connectivity index (χ4v) is 4.08. The third kappa shape index (κ3) is 1.08. The standard InChI is InChI=1S/C10H14O4S/c1-9(2)6-3-4-10(9,7(11)5-6)8(12)15(13)14/h6H,3-5H2,1-2H3,(H,13,14). The van der Waals surface area contributed by atoms with E-state index >= 15 is 0 Å². The molecule has 3 atom stereocenters. The minimum atomic E-state index is -2.54. The van der Waals surface area contributed by atoms with Crippen LogP contribution in [0.2, 0.25) is 0 Å². The Hall–Kier alpha value is -0.550. The van der Waals surface area contributed by atoms with Crippen molar-refractivity contribution in [2.75, 3.05) is 0 Å². The van der Waals surface area contributed by atoms with Gasteiger partial charge >= 0.3 is 0 Å². The van der Waals surface area contributed by atoms with Gasteiger partial charge in [0, 0.05) is 6.42 Å². The lowest BCUT2D eigenvalue weighted by molar-refractivity contribution is -0.138. The molecule has 0 aromatic heterocycles. The molecular weight excluding hydrogens is 216 g/mol. The van der Waals surface area contributed by atoms with Crippen molar-refractivity contribution in [3.63, 3.8) is 0 Å². The van der Waals surface area contributed by atoms with Crippen LogP contribution in [0.5, 0.6) is 0 Å². The molecule has 2 aliphatic rings. The molecule has 0 spiro atoms. The number of ketones is 1. The number of fused-ring (bicyclic) bond motifs is 2. The van der Waals surface area contributed by atoms with Gasteiger partial charge in [0.2, 0.25) is 11.1 Å². The van der Waals surface area contributed by atoms with E-state index in [2.05, 4.69) is 0 Å². The van der Waals surface area contributed by atoms with E-state index in [0.29, 0.717) is 12.8 Å². The predicted octanol–water partition coefficient (Wildman–Crippen LogP) is 1.13. The van der Waals surface area contributed by atoms with E-state index in [0.717, 1.165) is 6.42 Å². The lowest BCUT2D eigenvalue weighted by Crippen LogP contribution is -2.45. The maximum Gasteiger partial charge on any atom is 0.260 e. The van der Waals surface area contributed by atoms with Crippen LogP contribution in [0.25, 0.3) is 0 Å². The zero-order chi connectivity index (χ0) is 11.4. The fraction of sp³-hybridized carbons (Fsp3) is 0.800. The smallest absolute Gasteiger partial charge is 0.260 e. The molecular formula is C10H14O4S. The second kappa shape index (κ2) is 2.98. The Morgan fingerprint density at radius 2 is 2.13 bits per heavy atom. The molecule has 0 radical (unpaired) electrons. The average molecular weight is 230 g/mol. The van der Waals surface area contributed by atoms with Crippen LogP contribution in [0.15, 0.2) is 0 Å². The Morgan fingerprint density at radius 3 is 2.47 bits per heavy atom. The second-order valence-corrected chi connectivity index (χ2v) is 5.90. The number of carbonyl (C=O) groups is 2. The highest BCUT2D eigenvalue weighted by molar-refractivity contribution is 7.95. The van der Waals surface area contributed by atoms with Crippen molar-refractivity contribution < 1.29 is 18.4 Å². The van der Waals surface area contributed by atoms with E-state index in [-0.39, 0.29) is 11.7 Å². The Balaban J connectivity index is 2.53. The van der Waals surface area contributed by atoms with Gasteiger partial charge in [-0.1, -0.05) is 13.8 Å². The summed E-state index contributed by atoms with van der Waals surface area (Å²) >= 11 is -2.54. The molecule has 2 fully saturated rings. The second-order valence-electron chi connectivity index (χ2n) is 5.03. The van der Waals surface area contributed by atoms with Gasteiger partial charge in [-0.2, -0.15) is 0 Å². The van der Waals surface area contributed by atoms with Crippen LogP contribution in [0.4, 0.5) is 0 Å². The van der Waals surface area contributed by atoms with Crippen LogP contribution in [0.3, 0.4) is 0 Å². The third-order valence-electron chi connectivity index (χ3n) is 4.40. The van der Waals surface area contributed by atoms with Crippen molar-refractivity contribution in [2.24, 2.45) is 16.7 Å². The largest absolute Gasteiger partial charge is 0.300 e. The predicted molar refractivity (Wildman–Crippen MR) is 54.3 cm³/mol. The van der Waals surface area contributed by atoms with Crippen molar-refractivity contribution in [3.05, 3.63) is 0 Å². The molecule has 0 aliphatic heterocycles. The van der Waals surface area contributed by atoms with Gasteiger partial charge in [-0.15, -0.1) is 0 Å². The Morgan fingerprint density at radius 1 is 1.53 bits per heavy atom. The fourth-order valence-electron chi connectivity index (χ4n) is 3.30. The highest BCUT2D eigenvalue weighted by atomic mass is 32.2. The molecule has 0 amide bonds. The van der Waals surface area contributed by atoms with Gasteiger partial charge in [0.1, 0.15) is 11.2 Å². The first-order valence-electron chi connectivity index (χ1n) is 5.02. The first kappa shape index (κ1) is 11.0. The van der Waals surface area contributed by atoms with Gasteiger partial charge in [0.05, 0.1) is 0 Å². The number of rotatable bonds is 1. The third-order valence-corrected chi connectivity index (χ3v) is 5.07. The van der Waals surface area contributed by atoms with Crippen molar-refractivity contribution in [3.8, 4) is 0 Å². The van der Waals surface area contributed by atoms with Crippen LogP contribution in [0.1, 0.15) is 33.1 Å². The molecule has 2 aliphatic carbocycles. The molecule has 5 heteroatoms. The van der Waals surface area contributed by atoms with Crippen molar-refractivity contribution >= 4 is 22.0 Å². The summed E-state index contributed by atoms with van der Waals surface area (Å²) in [5.41, 5.74) is -1.64. The summed E-state index contributed by atoms with van der Waals surface area (Å²) in [7, 11) is 0. The van der Waals surface area contributed by atoms with Crippen LogP contribution in [-0.2, 0) is 20.7 Å². The lowest BCUT2D eigenvalue weighted by Gasteiger charge is -2.33. The molecule has 1 N–H and O–H groups in total. The van der Waals surface area contributed by atoms with E-state index in [1.54, 1.807) is 0 Å². The van der Waals surface area contributed by atoms with Gasteiger partial charge < -0.3 is 0 Å². The minimum Gasteiger partial charge on any atom is -0.300 e. The normalized spacial score (nSPS) is 39.4. The van der Waals surface area contributed by atoms with Gasteiger partial charge in [0.25, 0.3) is 5.12 Å². The van der Waals surface area contributed by atoms with Gasteiger partial charge in [-0.05, 0) is 24.2 Å². The molecule has 84 valence electrons. The van der Waals surface area contributed by atoms with Gasteiger partial charge in [0.15, 0.2) is 0 Å². The molecule has 0 aromatic rings. The van der Waals surface area contributed by atoms with Crippen LogP contribution in [-0.4, -0.2) is 19.7 Å². The van der Waals surface area contributed by atoms with Gasteiger partial charge in [-0.3, -0.25) is 14.1 Å². The maximum atomic E-state index is 11.9. The molecule has 2 rings (SSSR count). The number of carbonyl (C=O) groups excluding carboxylic acids is 2. The van der Waals surface area contributed by atoms with E-state index in [1.165, 1.54) is 0 Å². The first-order chi connectivity index (χ1) is 6.84. The minimum absolute atomic E-state index is 0.142. The molecule has 4 nitrogen and oxygen atoms in total. The average Bonchev–Trinajstić information content (AvgIpc) is 2.49. The summed E-state index contributed by atoms with van der Waals surface area (Å²) in [4.78, 5) is 23.6. The SMILES string of the molecule is CC1(C)C2CCC1(C(=O)S(=O)O)C(=O)C2. The molecule has 0 saturated heterocycles. The summed E-state index contributed by atoms with van der Waals surface area (Å²) in [6.45, 7) is 3.72. The van der Waals surface area contributed by atoms with Crippen molar-refractivity contribution in [1.82, 2.24) is 0 Å². The number of hydrogen-bond acceptors (Lipinski definition) is 3. The van der Waals surface area contributed by atoms with Crippen LogP contribution >= 0.6 is 0 Å². The van der Waals surface area contributed by atoms with Crippen molar-refractivity contribution in [2.45, 2.75) is 33.1 Å². The van der Waals surface area contributed by atoms with Crippen molar-refractivity contribution in [1.29, 1.82) is 0 Å². The summed E-state index contributed by atoms with van der Waals surface area (Å²) in [6, 6.07) is 0. The van der Waals surface area contributed by atoms with Crippen LogP contribution < -0.4 is 0 Å². The lowest BCUT2D eigenvalue weighted by atomic mass is 9.70. The summed E-state index contributed by atoms with van der Waals surface area (Å²) in [5, 5.41) is -0.794. The molecule has 2 saturated carbocycles. The highest BCUT2D eigenvalue weighted by Gasteiger charge is 2.69. The molecule has 2 bridgehead atoms. The monoisotopic (exact) mass is 230 g/mol. The highest BCUT2D eigenvalue weighted by Crippen LogP contribution is 2.64. The maximum absolute atomic E-state index is 11.9. The molecule has 15 heavy (non-hydrogen) atoms. The van der Waals surface area contributed by atoms with E-state index in [4.69, 9.17) is 4.55 Å². The van der Waals surface area contributed by atoms with Crippen LogP contribution in [0, 0.1) is 16.7 Å². The first-order valence-corrected chi connectivity index (χ1v) is 6.13. The summed E-state index contributed by atoms with van der Waals surface area (Å²) < 4.78 is 19.8. The Kier molecular flexibility index (Phi) is 2.18. The number of Topliss-reactive ketones (excluding diaryl/α,β-unsaturated/α-hetero) is 1.